The molecule has 10 heteroatoms. The minimum absolute atomic E-state index is 0.0644. The van der Waals surface area contributed by atoms with Crippen molar-refractivity contribution in [1.29, 1.82) is 0 Å². The molecular formula is C21H21BrFN3O3S2. The molecule has 1 fully saturated rings. The SMILES string of the molecule is Cc1cccc(NC(=O)CSC2=NC3CS(=O)(=O)CC3N2c2ccc(Br)cc2F)c1C. The van der Waals surface area contributed by atoms with Gasteiger partial charge in [-0.25, -0.2) is 12.8 Å². The lowest BCUT2D eigenvalue weighted by atomic mass is 10.1. The average molecular weight is 526 g/mol. The minimum atomic E-state index is -3.24. The Balaban J connectivity index is 1.54. The van der Waals surface area contributed by atoms with Crippen molar-refractivity contribution in [3.63, 3.8) is 0 Å². The second kappa shape index (κ2) is 8.55. The number of amides is 1. The lowest BCUT2D eigenvalue weighted by molar-refractivity contribution is -0.113. The van der Waals surface area contributed by atoms with E-state index in [1.54, 1.807) is 17.0 Å². The topological polar surface area (TPSA) is 78.8 Å². The molecule has 164 valence electrons. The minimum Gasteiger partial charge on any atom is -0.325 e. The summed E-state index contributed by atoms with van der Waals surface area (Å²) in [6, 6.07) is 9.40. The van der Waals surface area contributed by atoms with Gasteiger partial charge in [0.15, 0.2) is 15.0 Å². The van der Waals surface area contributed by atoms with Crippen LogP contribution in [0.15, 0.2) is 45.9 Å². The first-order valence-electron chi connectivity index (χ1n) is 9.66. The molecule has 0 spiro atoms. The van der Waals surface area contributed by atoms with Crippen LogP contribution in [0.1, 0.15) is 11.1 Å². The van der Waals surface area contributed by atoms with Gasteiger partial charge in [-0.2, -0.15) is 0 Å². The van der Waals surface area contributed by atoms with E-state index >= 15 is 0 Å². The van der Waals surface area contributed by atoms with E-state index < -0.39 is 27.7 Å². The van der Waals surface area contributed by atoms with Gasteiger partial charge < -0.3 is 10.2 Å². The van der Waals surface area contributed by atoms with E-state index in [-0.39, 0.29) is 28.9 Å². The number of fused-ring (bicyclic) bond motifs is 1. The molecule has 2 aliphatic rings. The number of sulfone groups is 1. The highest BCUT2D eigenvalue weighted by Gasteiger charge is 2.47. The van der Waals surface area contributed by atoms with E-state index in [2.05, 4.69) is 26.2 Å². The third kappa shape index (κ3) is 4.65. The Kier molecular flexibility index (Phi) is 6.15. The molecule has 2 aromatic rings. The molecule has 1 amide bonds. The number of halogens is 2. The van der Waals surface area contributed by atoms with Crippen LogP contribution in [-0.2, 0) is 14.6 Å². The summed E-state index contributed by atoms with van der Waals surface area (Å²) in [6.45, 7) is 3.92. The fraction of sp³-hybridized carbons (Fsp3) is 0.333. The third-order valence-electron chi connectivity index (χ3n) is 5.49. The lowest BCUT2D eigenvalue weighted by Crippen LogP contribution is -2.40. The molecule has 2 unspecified atom stereocenters. The van der Waals surface area contributed by atoms with Crippen molar-refractivity contribution in [3.8, 4) is 0 Å². The third-order valence-corrected chi connectivity index (χ3v) is 8.65. The van der Waals surface area contributed by atoms with Gasteiger partial charge in [-0.15, -0.1) is 0 Å². The van der Waals surface area contributed by atoms with Gasteiger partial charge in [0, 0.05) is 10.2 Å². The number of aliphatic imine (C=N–C) groups is 1. The van der Waals surface area contributed by atoms with Crippen LogP contribution >= 0.6 is 27.7 Å². The first-order chi connectivity index (χ1) is 14.6. The van der Waals surface area contributed by atoms with Crippen LogP contribution in [0.25, 0.3) is 0 Å². The number of nitrogens with zero attached hydrogens (tertiary/aromatic N) is 2. The Morgan fingerprint density at radius 1 is 1.29 bits per heavy atom. The highest BCUT2D eigenvalue weighted by Crippen LogP contribution is 2.37. The first kappa shape index (κ1) is 22.3. The van der Waals surface area contributed by atoms with E-state index in [9.17, 15) is 17.6 Å². The smallest absolute Gasteiger partial charge is 0.234 e. The van der Waals surface area contributed by atoms with Gasteiger partial charge in [0.05, 0.1) is 35.0 Å². The summed E-state index contributed by atoms with van der Waals surface area (Å²) in [7, 11) is -3.24. The van der Waals surface area contributed by atoms with Crippen molar-refractivity contribution in [1.82, 2.24) is 0 Å². The molecule has 1 N–H and O–H groups in total. The van der Waals surface area contributed by atoms with E-state index in [0.717, 1.165) is 16.8 Å². The first-order valence-corrected chi connectivity index (χ1v) is 13.3. The highest BCUT2D eigenvalue weighted by molar-refractivity contribution is 9.10. The highest BCUT2D eigenvalue weighted by atomic mass is 79.9. The molecule has 1 saturated heterocycles. The summed E-state index contributed by atoms with van der Waals surface area (Å²) >= 11 is 4.43. The number of carbonyl (C=O) groups excluding carboxylic acids is 1. The van der Waals surface area contributed by atoms with Crippen molar-refractivity contribution in [3.05, 3.63) is 57.8 Å². The molecule has 0 saturated carbocycles. The zero-order valence-electron chi connectivity index (χ0n) is 16.9. The van der Waals surface area contributed by atoms with E-state index in [4.69, 9.17) is 0 Å². The van der Waals surface area contributed by atoms with Gasteiger partial charge in [0.25, 0.3) is 0 Å². The fourth-order valence-electron chi connectivity index (χ4n) is 3.79. The monoisotopic (exact) mass is 525 g/mol. The number of aryl methyl sites for hydroxylation is 1. The summed E-state index contributed by atoms with van der Waals surface area (Å²) in [5.74, 6) is -0.761. The van der Waals surface area contributed by atoms with Crippen LogP contribution in [-0.4, -0.2) is 48.8 Å². The second-order valence-electron chi connectivity index (χ2n) is 7.67. The number of hydrogen-bond donors (Lipinski definition) is 1. The van der Waals surface area contributed by atoms with Gasteiger partial charge in [0.1, 0.15) is 5.82 Å². The molecule has 0 aliphatic carbocycles. The van der Waals surface area contributed by atoms with E-state index in [1.165, 1.54) is 17.8 Å². The molecule has 0 radical (unpaired) electrons. The number of benzene rings is 2. The molecular weight excluding hydrogens is 505 g/mol. The quantitative estimate of drug-likeness (QED) is 0.654. The Morgan fingerprint density at radius 2 is 2.06 bits per heavy atom. The van der Waals surface area contributed by atoms with Crippen molar-refractivity contribution in [2.45, 2.75) is 25.9 Å². The summed E-state index contributed by atoms with van der Waals surface area (Å²) in [4.78, 5) is 18.7. The number of thioether (sulfide) groups is 1. The molecule has 2 heterocycles. The maximum atomic E-state index is 14.7. The van der Waals surface area contributed by atoms with Crippen LogP contribution in [0.3, 0.4) is 0 Å². The van der Waals surface area contributed by atoms with Crippen molar-refractivity contribution in [2.24, 2.45) is 4.99 Å². The standard InChI is InChI=1S/C21H21BrFN3O3S2/c1-12-4-3-5-16(13(12)2)24-20(27)9-30-21-25-17-10-31(28,29)11-19(17)26(21)18-7-6-14(22)8-15(18)23/h3-8,17,19H,9-11H2,1-2H3,(H,24,27). The van der Waals surface area contributed by atoms with Gasteiger partial charge >= 0.3 is 0 Å². The molecule has 0 aromatic heterocycles. The van der Waals surface area contributed by atoms with Crippen molar-refractivity contribution >= 4 is 60.0 Å². The fourth-order valence-corrected chi connectivity index (χ4v) is 6.89. The van der Waals surface area contributed by atoms with Crippen LogP contribution in [0.4, 0.5) is 15.8 Å². The van der Waals surface area contributed by atoms with Gasteiger partial charge in [-0.05, 0) is 49.2 Å². The van der Waals surface area contributed by atoms with Crippen LogP contribution in [0.5, 0.6) is 0 Å². The van der Waals surface area contributed by atoms with Crippen LogP contribution < -0.4 is 10.2 Å². The second-order valence-corrected chi connectivity index (χ2v) is 11.7. The van der Waals surface area contributed by atoms with E-state index in [1.807, 2.05) is 32.0 Å². The molecule has 2 atom stereocenters. The molecule has 2 aliphatic heterocycles. The zero-order chi connectivity index (χ0) is 22.3. The lowest BCUT2D eigenvalue weighted by Gasteiger charge is -2.26. The number of nitrogens with one attached hydrogen (secondary N) is 1. The van der Waals surface area contributed by atoms with Crippen molar-refractivity contribution in [2.75, 3.05) is 27.5 Å². The predicted molar refractivity (Wildman–Crippen MR) is 127 cm³/mol. The van der Waals surface area contributed by atoms with Crippen molar-refractivity contribution < 1.29 is 17.6 Å². The zero-order valence-corrected chi connectivity index (χ0v) is 20.2. The Bertz CT molecular complexity index is 1190. The number of anilines is 2. The van der Waals surface area contributed by atoms with Gasteiger partial charge in [-0.1, -0.05) is 39.8 Å². The average Bonchev–Trinajstić information content (AvgIpc) is 3.15. The maximum absolute atomic E-state index is 14.7. The summed E-state index contributed by atoms with van der Waals surface area (Å²) in [5, 5.41) is 3.36. The Morgan fingerprint density at radius 3 is 2.81 bits per heavy atom. The van der Waals surface area contributed by atoms with Gasteiger partial charge in [0.2, 0.25) is 5.91 Å². The Hall–Kier alpha value is -1.91. The summed E-state index contributed by atoms with van der Waals surface area (Å²) in [6.07, 6.45) is 0. The van der Waals surface area contributed by atoms with Crippen LogP contribution in [0, 0.1) is 19.7 Å². The molecule has 6 nitrogen and oxygen atoms in total. The van der Waals surface area contributed by atoms with Crippen LogP contribution in [0.2, 0.25) is 0 Å². The number of hydrogen-bond acceptors (Lipinski definition) is 6. The molecule has 4 rings (SSSR count). The Labute approximate surface area is 193 Å². The normalized spacial score (nSPS) is 21.7. The number of carbonyl (C=O) groups is 1. The summed E-state index contributed by atoms with van der Waals surface area (Å²) < 4.78 is 39.6. The van der Waals surface area contributed by atoms with Gasteiger partial charge in [-0.3, -0.25) is 9.79 Å². The molecule has 2 aromatic carbocycles. The number of amidine groups is 1. The maximum Gasteiger partial charge on any atom is 0.234 e. The summed E-state index contributed by atoms with van der Waals surface area (Å²) in [5.41, 5.74) is 3.08. The number of rotatable bonds is 4. The predicted octanol–water partition coefficient (Wildman–Crippen LogP) is 3.92. The largest absolute Gasteiger partial charge is 0.325 e. The van der Waals surface area contributed by atoms with E-state index in [0.29, 0.717) is 9.64 Å². The molecule has 31 heavy (non-hydrogen) atoms. The molecule has 0 bridgehead atoms.